The van der Waals surface area contributed by atoms with E-state index in [9.17, 15) is 14.4 Å². The summed E-state index contributed by atoms with van der Waals surface area (Å²) in [5.41, 5.74) is -0.00250. The fraction of sp³-hybridized carbons (Fsp3) is 0. The molecule has 0 bridgehead atoms. The van der Waals surface area contributed by atoms with Gasteiger partial charge < -0.3 is 4.74 Å². The predicted octanol–water partition coefficient (Wildman–Crippen LogP) is 1.50. The highest BCUT2D eigenvalue weighted by Crippen LogP contribution is 2.22. The van der Waals surface area contributed by atoms with E-state index in [1.165, 1.54) is 18.2 Å². The summed E-state index contributed by atoms with van der Waals surface area (Å²) in [5.74, 6) is -0.139. The third kappa shape index (κ3) is 2.26. The summed E-state index contributed by atoms with van der Waals surface area (Å²) in [4.78, 5) is 30.6. The van der Waals surface area contributed by atoms with Crippen LogP contribution in [-0.2, 0) is 9.59 Å². The number of para-hydroxylation sites is 1. The monoisotopic (exact) mass is 254 g/mol. The van der Waals surface area contributed by atoms with Gasteiger partial charge in [-0.05, 0) is 12.1 Å². The largest absolute Gasteiger partial charge is 0.417 e. The molecule has 5 heteroatoms. The maximum atomic E-state index is 10.6. The number of benzene rings is 1. The van der Waals surface area contributed by atoms with Crippen LogP contribution in [0.4, 0.5) is 4.79 Å². The Morgan fingerprint density at radius 3 is 2.07 bits per heavy atom. The van der Waals surface area contributed by atoms with Crippen LogP contribution in [-0.4, -0.2) is 17.5 Å². The Balaban J connectivity index is 3.25. The van der Waals surface area contributed by atoms with Gasteiger partial charge in [0.25, 0.3) is 0 Å². The SMILES string of the molecule is O=[C]c1cccc([C]=O)c1OC(=O)Br. The van der Waals surface area contributed by atoms with Crippen molar-refractivity contribution in [3.8, 4) is 5.75 Å². The topological polar surface area (TPSA) is 60.4 Å². The molecule has 0 aliphatic carbocycles. The van der Waals surface area contributed by atoms with Gasteiger partial charge >= 0.3 is 4.88 Å². The van der Waals surface area contributed by atoms with E-state index in [1.807, 2.05) is 0 Å². The Morgan fingerprint density at radius 2 is 1.71 bits per heavy atom. The number of rotatable bonds is 3. The minimum atomic E-state index is -0.795. The molecule has 0 spiro atoms. The van der Waals surface area contributed by atoms with Crippen LogP contribution in [0.15, 0.2) is 18.2 Å². The third-order valence-corrected chi connectivity index (χ3v) is 1.58. The first-order valence-corrected chi connectivity index (χ1v) is 4.25. The van der Waals surface area contributed by atoms with Crippen LogP contribution in [0.5, 0.6) is 5.75 Å². The van der Waals surface area contributed by atoms with Crippen molar-refractivity contribution in [2.24, 2.45) is 0 Å². The van der Waals surface area contributed by atoms with Crippen LogP contribution >= 0.6 is 15.9 Å². The Hall–Kier alpha value is -1.49. The van der Waals surface area contributed by atoms with Crippen molar-refractivity contribution in [2.75, 3.05) is 0 Å². The van der Waals surface area contributed by atoms with E-state index in [4.69, 9.17) is 0 Å². The lowest BCUT2D eigenvalue weighted by Gasteiger charge is -2.04. The first-order chi connectivity index (χ1) is 6.69. The van der Waals surface area contributed by atoms with Crippen molar-refractivity contribution in [3.63, 3.8) is 0 Å². The fourth-order valence-electron chi connectivity index (χ4n) is 0.888. The van der Waals surface area contributed by atoms with Crippen LogP contribution in [0.3, 0.4) is 0 Å². The summed E-state index contributed by atoms with van der Waals surface area (Å²) in [5, 5.41) is 0. The quantitative estimate of drug-likeness (QED) is 0.768. The molecular formula is C9H3BrO4. The predicted molar refractivity (Wildman–Crippen MR) is 51.0 cm³/mol. The summed E-state index contributed by atoms with van der Waals surface area (Å²) in [6.45, 7) is 0. The Morgan fingerprint density at radius 1 is 1.21 bits per heavy atom. The second-order valence-electron chi connectivity index (χ2n) is 2.23. The molecular weight excluding hydrogens is 252 g/mol. The Kier molecular flexibility index (Phi) is 3.53. The van der Waals surface area contributed by atoms with E-state index in [2.05, 4.69) is 20.7 Å². The molecule has 1 rings (SSSR count). The van der Waals surface area contributed by atoms with Gasteiger partial charge in [0.15, 0.2) is 5.75 Å². The number of ether oxygens (including phenoxy) is 1. The zero-order valence-electron chi connectivity index (χ0n) is 6.74. The van der Waals surface area contributed by atoms with Crippen molar-refractivity contribution in [1.82, 2.24) is 0 Å². The number of carbonyl (C=O) groups is 1. The molecule has 0 unspecified atom stereocenters. The molecule has 0 N–H and O–H groups in total. The molecule has 0 saturated heterocycles. The van der Waals surface area contributed by atoms with E-state index in [0.29, 0.717) is 0 Å². The van der Waals surface area contributed by atoms with Crippen molar-refractivity contribution < 1.29 is 19.1 Å². The first kappa shape index (κ1) is 10.6. The molecule has 1 aromatic carbocycles. The zero-order chi connectivity index (χ0) is 10.6. The lowest BCUT2D eigenvalue weighted by atomic mass is 10.1. The normalized spacial score (nSPS) is 9.21. The van der Waals surface area contributed by atoms with Gasteiger partial charge in [0.05, 0.1) is 11.1 Å². The smallest absolute Gasteiger partial charge is 0.380 e. The van der Waals surface area contributed by atoms with E-state index in [0.717, 1.165) is 0 Å². The summed E-state index contributed by atoms with van der Waals surface area (Å²) in [6.07, 6.45) is 3.10. The molecule has 4 nitrogen and oxygen atoms in total. The van der Waals surface area contributed by atoms with Crippen molar-refractivity contribution in [3.05, 3.63) is 29.3 Å². The van der Waals surface area contributed by atoms with E-state index in [1.54, 1.807) is 12.6 Å². The molecule has 1 aromatic rings. The molecule has 0 saturated carbocycles. The van der Waals surface area contributed by atoms with Gasteiger partial charge in [0.1, 0.15) is 0 Å². The molecule has 0 fully saturated rings. The molecule has 0 aromatic heterocycles. The van der Waals surface area contributed by atoms with E-state index in [-0.39, 0.29) is 16.9 Å². The lowest BCUT2D eigenvalue weighted by molar-refractivity contribution is 0.228. The van der Waals surface area contributed by atoms with Crippen LogP contribution in [0.25, 0.3) is 0 Å². The summed E-state index contributed by atoms with van der Waals surface area (Å²) in [6, 6.07) is 4.21. The minimum absolute atomic E-state index is 0.00125. The molecule has 0 aliphatic heterocycles. The highest BCUT2D eigenvalue weighted by molar-refractivity contribution is 9.18. The second kappa shape index (κ2) is 4.66. The molecule has 0 atom stereocenters. The van der Waals surface area contributed by atoms with Crippen LogP contribution in [0.1, 0.15) is 11.1 Å². The van der Waals surface area contributed by atoms with Gasteiger partial charge in [-0.15, -0.1) is 0 Å². The molecule has 0 heterocycles. The van der Waals surface area contributed by atoms with Crippen molar-refractivity contribution in [1.29, 1.82) is 0 Å². The number of hydrogen-bond acceptors (Lipinski definition) is 4. The maximum absolute atomic E-state index is 10.6. The summed E-state index contributed by atoms with van der Waals surface area (Å²) >= 11 is 2.52. The zero-order valence-corrected chi connectivity index (χ0v) is 8.33. The van der Waals surface area contributed by atoms with Gasteiger partial charge in [-0.2, -0.15) is 0 Å². The van der Waals surface area contributed by atoms with Gasteiger partial charge in [0.2, 0.25) is 12.6 Å². The van der Waals surface area contributed by atoms with Crippen LogP contribution in [0, 0.1) is 0 Å². The molecule has 70 valence electrons. The average molecular weight is 255 g/mol. The summed E-state index contributed by atoms with van der Waals surface area (Å²) < 4.78 is 4.61. The molecule has 0 amide bonds. The average Bonchev–Trinajstić information content (AvgIpc) is 2.17. The number of halogens is 1. The standard InChI is InChI=1S/C9H3BrO4/c10-9(13)14-8-6(4-11)2-1-3-7(8)5-12/h1-3H. The van der Waals surface area contributed by atoms with E-state index >= 15 is 0 Å². The molecule has 14 heavy (non-hydrogen) atoms. The minimum Gasteiger partial charge on any atom is -0.417 e. The Labute approximate surface area is 88.0 Å². The van der Waals surface area contributed by atoms with Gasteiger partial charge in [-0.25, -0.2) is 4.79 Å². The van der Waals surface area contributed by atoms with Crippen molar-refractivity contribution in [2.45, 2.75) is 0 Å². The van der Waals surface area contributed by atoms with Gasteiger partial charge in [0, 0.05) is 15.9 Å². The number of carbonyl (C=O) groups excluding carboxylic acids is 3. The molecule has 0 aliphatic rings. The van der Waals surface area contributed by atoms with Crippen molar-refractivity contribution >= 4 is 33.4 Å². The Bertz CT molecular complexity index is 360. The highest BCUT2D eigenvalue weighted by Gasteiger charge is 2.12. The van der Waals surface area contributed by atoms with E-state index < -0.39 is 4.88 Å². The third-order valence-electron chi connectivity index (χ3n) is 1.42. The van der Waals surface area contributed by atoms with Crippen LogP contribution in [0.2, 0.25) is 0 Å². The maximum Gasteiger partial charge on any atom is 0.380 e. The summed E-state index contributed by atoms with van der Waals surface area (Å²) in [7, 11) is 0. The second-order valence-corrected chi connectivity index (χ2v) is 2.87. The highest BCUT2D eigenvalue weighted by atomic mass is 79.9. The van der Waals surface area contributed by atoms with Crippen LogP contribution < -0.4 is 4.74 Å². The molecule has 2 radical (unpaired) electrons. The van der Waals surface area contributed by atoms with Gasteiger partial charge in [-0.3, -0.25) is 9.59 Å². The lowest BCUT2D eigenvalue weighted by Crippen LogP contribution is -2.02. The first-order valence-electron chi connectivity index (χ1n) is 3.45. The van der Waals surface area contributed by atoms with Gasteiger partial charge in [-0.1, -0.05) is 6.07 Å². The number of hydrogen-bond donors (Lipinski definition) is 0. The fourth-order valence-corrected chi connectivity index (χ4v) is 1.05.